The summed E-state index contributed by atoms with van der Waals surface area (Å²) in [6, 6.07) is 0. The normalized spacial score (nSPS) is 13.4. The van der Waals surface area contributed by atoms with Crippen LogP contribution in [0, 0.1) is 11.8 Å². The fraction of sp³-hybridized carbons (Fsp3) is 0.778. The van der Waals surface area contributed by atoms with Crippen molar-refractivity contribution in [3.8, 4) is 0 Å². The molecular formula is C9H16N2S4. The lowest BCUT2D eigenvalue weighted by atomic mass is 10.0. The van der Waals surface area contributed by atoms with Crippen molar-refractivity contribution in [3.05, 3.63) is 0 Å². The lowest BCUT2D eigenvalue weighted by Gasteiger charge is -2.16. The first-order valence-electron chi connectivity index (χ1n) is 4.78. The lowest BCUT2D eigenvalue weighted by molar-refractivity contribution is 0.473. The van der Waals surface area contributed by atoms with E-state index in [1.807, 2.05) is 6.26 Å². The van der Waals surface area contributed by atoms with Crippen molar-refractivity contribution < 1.29 is 0 Å². The van der Waals surface area contributed by atoms with Crippen molar-refractivity contribution in [1.82, 2.24) is 10.2 Å². The molecule has 0 aliphatic rings. The van der Waals surface area contributed by atoms with Crippen molar-refractivity contribution in [2.45, 2.75) is 22.5 Å². The SMILES string of the molecule is CSc1nnc(SCC(CS)C(C)C)s1. The highest BCUT2D eigenvalue weighted by molar-refractivity contribution is 8.03. The van der Waals surface area contributed by atoms with E-state index in [1.54, 1.807) is 34.9 Å². The smallest absolute Gasteiger partial charge is 0.175 e. The summed E-state index contributed by atoms with van der Waals surface area (Å²) in [5, 5.41) is 8.21. The van der Waals surface area contributed by atoms with Crippen LogP contribution in [-0.4, -0.2) is 28.0 Å². The van der Waals surface area contributed by atoms with E-state index in [-0.39, 0.29) is 0 Å². The van der Waals surface area contributed by atoms with E-state index in [0.717, 1.165) is 20.2 Å². The monoisotopic (exact) mass is 280 g/mol. The highest BCUT2D eigenvalue weighted by Crippen LogP contribution is 2.30. The van der Waals surface area contributed by atoms with Crippen LogP contribution in [0.1, 0.15) is 13.8 Å². The van der Waals surface area contributed by atoms with E-state index < -0.39 is 0 Å². The van der Waals surface area contributed by atoms with Gasteiger partial charge in [0.1, 0.15) is 0 Å². The molecule has 0 bridgehead atoms. The Morgan fingerprint density at radius 3 is 2.47 bits per heavy atom. The maximum absolute atomic E-state index is 4.37. The third kappa shape index (κ3) is 4.54. The van der Waals surface area contributed by atoms with Gasteiger partial charge in [0, 0.05) is 5.75 Å². The zero-order valence-electron chi connectivity index (χ0n) is 9.14. The minimum absolute atomic E-state index is 0.653. The highest BCUT2D eigenvalue weighted by Gasteiger charge is 2.13. The second-order valence-electron chi connectivity index (χ2n) is 3.54. The summed E-state index contributed by atoms with van der Waals surface area (Å²) in [6.07, 6.45) is 2.03. The third-order valence-corrected chi connectivity index (χ3v) is 5.85. The van der Waals surface area contributed by atoms with Crippen LogP contribution in [0.3, 0.4) is 0 Å². The Labute approximate surface area is 109 Å². The van der Waals surface area contributed by atoms with Gasteiger partial charge in [-0.2, -0.15) is 12.6 Å². The quantitative estimate of drug-likeness (QED) is 0.636. The first-order chi connectivity index (χ1) is 7.17. The molecule has 1 heterocycles. The molecule has 15 heavy (non-hydrogen) atoms. The van der Waals surface area contributed by atoms with Gasteiger partial charge in [0.2, 0.25) is 0 Å². The zero-order chi connectivity index (χ0) is 11.3. The number of thioether (sulfide) groups is 2. The van der Waals surface area contributed by atoms with E-state index in [9.17, 15) is 0 Å². The van der Waals surface area contributed by atoms with Crippen LogP contribution in [-0.2, 0) is 0 Å². The standard InChI is InChI=1S/C9H16N2S4/c1-6(2)7(4-12)5-14-9-11-10-8(13-3)15-9/h6-7,12H,4-5H2,1-3H3. The molecule has 0 N–H and O–H groups in total. The molecule has 6 heteroatoms. The van der Waals surface area contributed by atoms with Crippen molar-refractivity contribution in [2.24, 2.45) is 11.8 Å². The molecule has 0 aliphatic carbocycles. The van der Waals surface area contributed by atoms with Gasteiger partial charge in [-0.1, -0.05) is 48.7 Å². The molecule has 1 aromatic heterocycles. The number of rotatable bonds is 6. The van der Waals surface area contributed by atoms with Crippen LogP contribution in [0.2, 0.25) is 0 Å². The van der Waals surface area contributed by atoms with E-state index in [1.165, 1.54) is 0 Å². The Bertz CT molecular complexity index is 287. The van der Waals surface area contributed by atoms with Gasteiger partial charge in [0.25, 0.3) is 0 Å². The maximum Gasteiger partial charge on any atom is 0.175 e. The van der Waals surface area contributed by atoms with Gasteiger partial charge >= 0.3 is 0 Å². The molecule has 0 aliphatic heterocycles. The van der Waals surface area contributed by atoms with Gasteiger partial charge in [-0.3, -0.25) is 0 Å². The van der Waals surface area contributed by atoms with Gasteiger partial charge < -0.3 is 0 Å². The second-order valence-corrected chi connectivity index (χ2v) is 7.20. The van der Waals surface area contributed by atoms with Crippen LogP contribution in [0.25, 0.3) is 0 Å². The summed E-state index contributed by atoms with van der Waals surface area (Å²) < 4.78 is 2.12. The number of hydrogen-bond donors (Lipinski definition) is 1. The third-order valence-electron chi connectivity index (χ3n) is 2.16. The molecular weight excluding hydrogens is 264 g/mol. The fourth-order valence-electron chi connectivity index (χ4n) is 0.972. The average molecular weight is 281 g/mol. The zero-order valence-corrected chi connectivity index (χ0v) is 12.5. The molecule has 1 rings (SSSR count). The average Bonchev–Trinajstić information content (AvgIpc) is 2.66. The molecule has 0 amide bonds. The summed E-state index contributed by atoms with van der Waals surface area (Å²) in [5.41, 5.74) is 0. The van der Waals surface area contributed by atoms with Crippen LogP contribution in [0.15, 0.2) is 8.68 Å². The second kappa shape index (κ2) is 7.04. The molecule has 0 spiro atoms. The molecule has 1 aromatic rings. The molecule has 0 aromatic carbocycles. The van der Waals surface area contributed by atoms with Crippen LogP contribution in [0.5, 0.6) is 0 Å². The molecule has 0 saturated carbocycles. The maximum atomic E-state index is 4.37. The summed E-state index contributed by atoms with van der Waals surface area (Å²) in [4.78, 5) is 0. The largest absolute Gasteiger partial charge is 0.179 e. The molecule has 2 nitrogen and oxygen atoms in total. The lowest BCUT2D eigenvalue weighted by Crippen LogP contribution is -2.13. The van der Waals surface area contributed by atoms with Gasteiger partial charge in [-0.05, 0) is 23.8 Å². The molecule has 0 radical (unpaired) electrons. The number of aromatic nitrogens is 2. The predicted molar refractivity (Wildman–Crippen MR) is 74.6 cm³/mol. The van der Waals surface area contributed by atoms with Gasteiger partial charge in [0.05, 0.1) is 0 Å². The number of thiol groups is 1. The highest BCUT2D eigenvalue weighted by atomic mass is 32.2. The van der Waals surface area contributed by atoms with E-state index in [2.05, 4.69) is 36.7 Å². The van der Waals surface area contributed by atoms with Gasteiger partial charge in [-0.25, -0.2) is 0 Å². The van der Waals surface area contributed by atoms with Gasteiger partial charge in [-0.15, -0.1) is 10.2 Å². The van der Waals surface area contributed by atoms with Crippen molar-refractivity contribution >= 4 is 47.5 Å². The Morgan fingerprint density at radius 1 is 1.33 bits per heavy atom. The molecule has 1 unspecified atom stereocenters. The Hall–Kier alpha value is 0.610. The molecule has 0 saturated heterocycles. The minimum Gasteiger partial charge on any atom is -0.179 e. The summed E-state index contributed by atoms with van der Waals surface area (Å²) in [6.45, 7) is 4.49. The van der Waals surface area contributed by atoms with Crippen LogP contribution in [0.4, 0.5) is 0 Å². The number of hydrogen-bond acceptors (Lipinski definition) is 6. The van der Waals surface area contributed by atoms with Crippen LogP contribution >= 0.6 is 47.5 Å². The summed E-state index contributed by atoms with van der Waals surface area (Å²) >= 11 is 9.50. The summed E-state index contributed by atoms with van der Waals surface area (Å²) in [7, 11) is 0. The van der Waals surface area contributed by atoms with Crippen LogP contribution < -0.4 is 0 Å². The van der Waals surface area contributed by atoms with Crippen molar-refractivity contribution in [3.63, 3.8) is 0 Å². The topological polar surface area (TPSA) is 25.8 Å². The summed E-state index contributed by atoms with van der Waals surface area (Å²) in [5.74, 6) is 3.37. The van der Waals surface area contributed by atoms with Crippen molar-refractivity contribution in [1.29, 1.82) is 0 Å². The predicted octanol–water partition coefficient (Wildman–Crippen LogP) is 3.55. The Kier molecular flexibility index (Phi) is 6.42. The Balaban J connectivity index is 2.41. The number of nitrogens with zero attached hydrogens (tertiary/aromatic N) is 2. The van der Waals surface area contributed by atoms with E-state index >= 15 is 0 Å². The molecule has 86 valence electrons. The minimum atomic E-state index is 0.653. The molecule has 0 fully saturated rings. The van der Waals surface area contributed by atoms with E-state index in [0.29, 0.717) is 11.8 Å². The van der Waals surface area contributed by atoms with E-state index in [4.69, 9.17) is 0 Å². The fourth-order valence-corrected chi connectivity index (χ4v) is 4.50. The Morgan fingerprint density at radius 2 is 2.00 bits per heavy atom. The van der Waals surface area contributed by atoms with Gasteiger partial charge in [0.15, 0.2) is 8.68 Å². The first kappa shape index (κ1) is 13.7. The van der Waals surface area contributed by atoms with Crippen molar-refractivity contribution in [2.75, 3.05) is 17.8 Å². The first-order valence-corrected chi connectivity index (χ1v) is 8.44. The molecule has 1 atom stereocenters.